The highest BCUT2D eigenvalue weighted by Crippen LogP contribution is 2.28. The molecule has 0 bridgehead atoms. The predicted octanol–water partition coefficient (Wildman–Crippen LogP) is 3.67. The summed E-state index contributed by atoms with van der Waals surface area (Å²) in [6, 6.07) is 17.8. The lowest BCUT2D eigenvalue weighted by atomic mass is 10.1. The first kappa shape index (κ1) is 26.7. The fraction of sp³-hybridized carbons (Fsp3) is 0.267. The van der Waals surface area contributed by atoms with Gasteiger partial charge >= 0.3 is 5.97 Å². The van der Waals surface area contributed by atoms with Gasteiger partial charge in [0.25, 0.3) is 5.56 Å². The van der Waals surface area contributed by atoms with E-state index in [-0.39, 0.29) is 23.3 Å². The van der Waals surface area contributed by atoms with Crippen molar-refractivity contribution in [3.8, 4) is 6.07 Å². The summed E-state index contributed by atoms with van der Waals surface area (Å²) >= 11 is 0. The minimum absolute atomic E-state index is 0.161. The molecule has 2 aromatic carbocycles. The number of carboxylic acids is 1. The minimum Gasteiger partial charge on any atom is -0.478 e. The molecule has 3 heterocycles. The largest absolute Gasteiger partial charge is 0.478 e. The molecule has 1 saturated heterocycles. The van der Waals surface area contributed by atoms with Crippen molar-refractivity contribution in [1.82, 2.24) is 9.38 Å². The summed E-state index contributed by atoms with van der Waals surface area (Å²) < 4.78 is 1.57. The second-order valence-corrected chi connectivity index (χ2v) is 10.1. The van der Waals surface area contributed by atoms with Crippen LogP contribution in [0.25, 0.3) is 5.65 Å². The number of nitrogens with zero attached hydrogens (tertiary/aromatic N) is 5. The maximum Gasteiger partial charge on any atom is 0.337 e. The van der Waals surface area contributed by atoms with Crippen LogP contribution in [-0.2, 0) is 0 Å². The Morgan fingerprint density at radius 1 is 1.18 bits per heavy atom. The molecule has 4 aromatic rings. The van der Waals surface area contributed by atoms with Gasteiger partial charge in [0.05, 0.1) is 41.5 Å². The maximum absolute atomic E-state index is 13.6. The van der Waals surface area contributed by atoms with Crippen LogP contribution in [0.5, 0.6) is 0 Å². The molecule has 10 nitrogen and oxygen atoms in total. The van der Waals surface area contributed by atoms with E-state index in [9.17, 15) is 14.7 Å². The fourth-order valence-electron chi connectivity index (χ4n) is 5.27. The summed E-state index contributed by atoms with van der Waals surface area (Å²) in [6.45, 7) is 7.31. The molecule has 0 spiro atoms. The van der Waals surface area contributed by atoms with E-state index in [1.54, 1.807) is 53.9 Å². The van der Waals surface area contributed by atoms with Crippen molar-refractivity contribution in [2.45, 2.75) is 33.0 Å². The number of piperazine rings is 1. The van der Waals surface area contributed by atoms with E-state index >= 15 is 0 Å². The molecule has 40 heavy (non-hydrogen) atoms. The van der Waals surface area contributed by atoms with Gasteiger partial charge in [-0.15, -0.1) is 0 Å². The standard InChI is InChI=1S/C30H31N7O3/c1-18-14-24(20(3)33-25-7-5-4-6-23(25)30(39)40)28-34-27(19(2)29(38)37(28)16-18)35-12-13-36(26(32)17-35)22-10-8-21(15-31)9-11-22/h4-11,14,16,20,26,33H,12-13,17,32H2,1-3H3,(H,39,40)/t20?,26-/m0/s1. The van der Waals surface area contributed by atoms with E-state index in [2.05, 4.69) is 16.3 Å². The minimum atomic E-state index is -1.02. The number of carbonyl (C=O) groups is 1. The van der Waals surface area contributed by atoms with Crippen LogP contribution in [0.3, 0.4) is 0 Å². The number of aromatic carboxylic acids is 1. The molecule has 0 amide bonds. The molecule has 5 rings (SSSR count). The van der Waals surface area contributed by atoms with Crippen molar-refractivity contribution < 1.29 is 9.90 Å². The number of rotatable bonds is 6. The Kier molecular flexibility index (Phi) is 7.15. The van der Waals surface area contributed by atoms with E-state index in [0.29, 0.717) is 47.9 Å². The molecule has 0 radical (unpaired) electrons. The number of hydrogen-bond donors (Lipinski definition) is 3. The van der Waals surface area contributed by atoms with Crippen molar-refractivity contribution in [2.24, 2.45) is 5.73 Å². The molecule has 2 aromatic heterocycles. The topological polar surface area (TPSA) is 140 Å². The lowest BCUT2D eigenvalue weighted by molar-refractivity contribution is 0.0698. The van der Waals surface area contributed by atoms with Crippen molar-refractivity contribution in [2.75, 3.05) is 34.8 Å². The number of aromatic nitrogens is 2. The van der Waals surface area contributed by atoms with Gasteiger partial charge in [-0.1, -0.05) is 12.1 Å². The number of nitriles is 1. The third-order valence-electron chi connectivity index (χ3n) is 7.33. The van der Waals surface area contributed by atoms with E-state index < -0.39 is 5.97 Å². The van der Waals surface area contributed by atoms with Crippen LogP contribution in [0.4, 0.5) is 17.2 Å². The predicted molar refractivity (Wildman–Crippen MR) is 155 cm³/mol. The van der Waals surface area contributed by atoms with Crippen molar-refractivity contribution in [3.63, 3.8) is 0 Å². The molecule has 2 atom stereocenters. The van der Waals surface area contributed by atoms with E-state index in [1.165, 1.54) is 0 Å². The number of anilines is 3. The molecule has 10 heteroatoms. The molecule has 0 saturated carbocycles. The molecule has 1 aliphatic heterocycles. The number of carboxylic acid groups (broad SMARTS) is 1. The lowest BCUT2D eigenvalue weighted by Crippen LogP contribution is -2.58. The van der Waals surface area contributed by atoms with Gasteiger partial charge in [-0.2, -0.15) is 5.26 Å². The SMILES string of the molecule is Cc1cc(C(C)Nc2ccccc2C(=O)O)c2nc(N3CCN(c4ccc(C#N)cc4)[C@H](N)C3)c(C)c(=O)n2c1. The van der Waals surface area contributed by atoms with Crippen molar-refractivity contribution >= 4 is 28.8 Å². The highest BCUT2D eigenvalue weighted by Gasteiger charge is 2.28. The number of para-hydroxylation sites is 1. The van der Waals surface area contributed by atoms with Crippen molar-refractivity contribution in [1.29, 1.82) is 5.26 Å². The van der Waals surface area contributed by atoms with Gasteiger partial charge in [0.2, 0.25) is 0 Å². The zero-order chi connectivity index (χ0) is 28.6. The summed E-state index contributed by atoms with van der Waals surface area (Å²) in [4.78, 5) is 34.5. The van der Waals surface area contributed by atoms with Crippen LogP contribution < -0.4 is 26.4 Å². The average molecular weight is 538 g/mol. The Morgan fingerprint density at radius 3 is 2.58 bits per heavy atom. The van der Waals surface area contributed by atoms with Crippen LogP contribution in [0, 0.1) is 25.2 Å². The monoisotopic (exact) mass is 537 g/mol. The summed E-state index contributed by atoms with van der Waals surface area (Å²) in [5, 5.41) is 22.0. The van der Waals surface area contributed by atoms with Crippen LogP contribution in [0.15, 0.2) is 65.6 Å². The second-order valence-electron chi connectivity index (χ2n) is 10.1. The Morgan fingerprint density at radius 2 is 1.90 bits per heavy atom. The third kappa shape index (κ3) is 4.95. The number of nitrogens with two attached hydrogens (primary N) is 1. The summed E-state index contributed by atoms with van der Waals surface area (Å²) in [7, 11) is 0. The van der Waals surface area contributed by atoms with Crippen LogP contribution >= 0.6 is 0 Å². The number of pyridine rings is 1. The Hall–Kier alpha value is -4.88. The molecule has 204 valence electrons. The molecular weight excluding hydrogens is 506 g/mol. The lowest BCUT2D eigenvalue weighted by Gasteiger charge is -2.41. The van der Waals surface area contributed by atoms with Crippen LogP contribution in [0.1, 0.15) is 45.6 Å². The van der Waals surface area contributed by atoms with Gasteiger partial charge in [0.15, 0.2) is 0 Å². The van der Waals surface area contributed by atoms with Crippen LogP contribution in [-0.4, -0.2) is 46.3 Å². The maximum atomic E-state index is 13.6. The van der Waals surface area contributed by atoms with Gasteiger partial charge in [-0.05, 0) is 68.8 Å². The average Bonchev–Trinajstić information content (AvgIpc) is 2.95. The van der Waals surface area contributed by atoms with Crippen LogP contribution in [0.2, 0.25) is 0 Å². The molecule has 1 aliphatic rings. The zero-order valence-electron chi connectivity index (χ0n) is 22.6. The smallest absolute Gasteiger partial charge is 0.337 e. The molecule has 0 aliphatic carbocycles. The fourth-order valence-corrected chi connectivity index (χ4v) is 5.27. The number of benzene rings is 2. The first-order chi connectivity index (χ1) is 19.2. The Balaban J connectivity index is 1.49. The normalized spacial score (nSPS) is 16.0. The Labute approximate surface area is 231 Å². The van der Waals surface area contributed by atoms with Crippen molar-refractivity contribution in [3.05, 3.63) is 99.0 Å². The summed E-state index contributed by atoms with van der Waals surface area (Å²) in [5.41, 5.74) is 11.3. The van der Waals surface area contributed by atoms with E-state index in [4.69, 9.17) is 16.0 Å². The second kappa shape index (κ2) is 10.7. The number of aryl methyl sites for hydroxylation is 1. The first-order valence-corrected chi connectivity index (χ1v) is 13.1. The van der Waals surface area contributed by atoms with Gasteiger partial charge in [-0.3, -0.25) is 9.20 Å². The quantitative estimate of drug-likeness (QED) is 0.336. The summed E-state index contributed by atoms with van der Waals surface area (Å²) in [5.74, 6) is -0.434. The highest BCUT2D eigenvalue weighted by molar-refractivity contribution is 5.94. The first-order valence-electron chi connectivity index (χ1n) is 13.1. The third-order valence-corrected chi connectivity index (χ3v) is 7.33. The van der Waals surface area contributed by atoms with Gasteiger partial charge in [0.1, 0.15) is 11.5 Å². The molecule has 4 N–H and O–H groups in total. The molecule has 1 unspecified atom stereocenters. The molecule has 1 fully saturated rings. The van der Waals surface area contributed by atoms with Gasteiger partial charge in [-0.25, -0.2) is 9.78 Å². The Bertz CT molecular complexity index is 1690. The number of hydrogen-bond acceptors (Lipinski definition) is 8. The number of fused-ring (bicyclic) bond motifs is 1. The summed E-state index contributed by atoms with van der Waals surface area (Å²) in [6.07, 6.45) is 1.43. The van der Waals surface area contributed by atoms with Gasteiger partial charge in [0, 0.05) is 36.2 Å². The van der Waals surface area contributed by atoms with E-state index in [0.717, 1.165) is 16.8 Å². The van der Waals surface area contributed by atoms with Gasteiger partial charge < -0.3 is 26.0 Å². The van der Waals surface area contributed by atoms with E-state index in [1.807, 2.05) is 36.9 Å². The highest BCUT2D eigenvalue weighted by atomic mass is 16.4. The zero-order valence-corrected chi connectivity index (χ0v) is 22.6. The number of nitrogens with one attached hydrogen (secondary N) is 1. The molecular formula is C30H31N7O3.